The maximum absolute atomic E-state index is 12.5. The fourth-order valence-electron chi connectivity index (χ4n) is 3.18. The molecule has 1 saturated heterocycles. The molecule has 0 aromatic carbocycles. The van der Waals surface area contributed by atoms with E-state index < -0.39 is 6.04 Å². The average molecular weight is 253 g/mol. The van der Waals surface area contributed by atoms with Gasteiger partial charge in [-0.25, -0.2) is 0 Å². The molecule has 1 heterocycles. The van der Waals surface area contributed by atoms with Crippen LogP contribution in [0.2, 0.25) is 0 Å². The molecule has 1 aliphatic carbocycles. The summed E-state index contributed by atoms with van der Waals surface area (Å²) in [5.74, 6) is -0.287. The summed E-state index contributed by atoms with van der Waals surface area (Å²) in [7, 11) is 0. The lowest BCUT2D eigenvalue weighted by Gasteiger charge is -2.37. The second-order valence-corrected chi connectivity index (χ2v) is 5.57. The number of primary amides is 1. The summed E-state index contributed by atoms with van der Waals surface area (Å²) in [6, 6.07) is -0.270. The summed E-state index contributed by atoms with van der Waals surface area (Å²) < 4.78 is 0. The van der Waals surface area contributed by atoms with E-state index in [0.717, 1.165) is 38.5 Å². The minimum absolute atomic E-state index is 0.00583. The average Bonchev–Trinajstić information content (AvgIpc) is 2.38. The molecule has 3 unspecified atom stereocenters. The van der Waals surface area contributed by atoms with E-state index in [2.05, 4.69) is 0 Å². The van der Waals surface area contributed by atoms with Crippen LogP contribution in [-0.4, -0.2) is 35.3 Å². The van der Waals surface area contributed by atoms with Crippen molar-refractivity contribution >= 4 is 11.8 Å². The van der Waals surface area contributed by atoms with E-state index in [0.29, 0.717) is 13.0 Å². The van der Waals surface area contributed by atoms with Crippen LogP contribution in [0.3, 0.4) is 0 Å². The summed E-state index contributed by atoms with van der Waals surface area (Å²) in [6.07, 6.45) is 6.31. The number of likely N-dealkylation sites (tertiary alicyclic amines) is 1. The molecule has 5 heteroatoms. The van der Waals surface area contributed by atoms with Crippen molar-refractivity contribution in [3.05, 3.63) is 0 Å². The topological polar surface area (TPSA) is 89.4 Å². The van der Waals surface area contributed by atoms with Crippen LogP contribution in [0.1, 0.15) is 44.9 Å². The molecule has 18 heavy (non-hydrogen) atoms. The summed E-state index contributed by atoms with van der Waals surface area (Å²) in [5, 5.41) is 0. The van der Waals surface area contributed by atoms with Gasteiger partial charge < -0.3 is 16.4 Å². The van der Waals surface area contributed by atoms with Gasteiger partial charge in [-0.3, -0.25) is 9.59 Å². The van der Waals surface area contributed by atoms with Crippen LogP contribution >= 0.6 is 0 Å². The SMILES string of the molecule is NC(=O)C1CCCCN1C(=O)C1CCCC(N)C1. The first-order chi connectivity index (χ1) is 8.59. The number of carbonyl (C=O) groups excluding carboxylic acids is 2. The summed E-state index contributed by atoms with van der Waals surface area (Å²) in [4.78, 5) is 25.6. The second-order valence-electron chi connectivity index (χ2n) is 5.57. The standard InChI is InChI=1S/C13H23N3O2/c14-10-5-3-4-9(8-10)13(18)16-7-2-1-6-11(16)12(15)17/h9-11H,1-8,14H2,(H2,15,17). The minimum atomic E-state index is -0.399. The Bertz CT molecular complexity index is 332. The summed E-state index contributed by atoms with van der Waals surface area (Å²) >= 11 is 0. The molecule has 1 saturated carbocycles. The highest BCUT2D eigenvalue weighted by atomic mass is 16.2. The van der Waals surface area contributed by atoms with Crippen molar-refractivity contribution in [2.75, 3.05) is 6.54 Å². The molecule has 2 fully saturated rings. The van der Waals surface area contributed by atoms with Gasteiger partial charge in [0.1, 0.15) is 6.04 Å². The zero-order chi connectivity index (χ0) is 13.1. The van der Waals surface area contributed by atoms with Gasteiger partial charge in [-0.05, 0) is 38.5 Å². The van der Waals surface area contributed by atoms with E-state index in [4.69, 9.17) is 11.5 Å². The van der Waals surface area contributed by atoms with Gasteiger partial charge in [0.2, 0.25) is 11.8 Å². The molecule has 0 radical (unpaired) electrons. The first-order valence-electron chi connectivity index (χ1n) is 6.95. The van der Waals surface area contributed by atoms with Crippen LogP contribution in [0, 0.1) is 5.92 Å². The molecule has 5 nitrogen and oxygen atoms in total. The first kappa shape index (κ1) is 13.3. The zero-order valence-corrected chi connectivity index (χ0v) is 10.8. The van der Waals surface area contributed by atoms with Gasteiger partial charge in [-0.2, -0.15) is 0 Å². The molecular formula is C13H23N3O2. The quantitative estimate of drug-likeness (QED) is 0.745. The van der Waals surface area contributed by atoms with E-state index in [9.17, 15) is 9.59 Å². The van der Waals surface area contributed by atoms with Gasteiger partial charge in [-0.15, -0.1) is 0 Å². The van der Waals surface area contributed by atoms with Gasteiger partial charge in [0.05, 0.1) is 0 Å². The second kappa shape index (κ2) is 5.69. The van der Waals surface area contributed by atoms with Crippen molar-refractivity contribution in [2.24, 2.45) is 17.4 Å². The fourth-order valence-corrected chi connectivity index (χ4v) is 3.18. The van der Waals surface area contributed by atoms with Crippen molar-refractivity contribution in [2.45, 2.75) is 57.0 Å². The number of carbonyl (C=O) groups is 2. The van der Waals surface area contributed by atoms with Crippen LogP contribution in [-0.2, 0) is 9.59 Å². The van der Waals surface area contributed by atoms with E-state index in [-0.39, 0.29) is 23.8 Å². The van der Waals surface area contributed by atoms with Crippen LogP contribution in [0.25, 0.3) is 0 Å². The van der Waals surface area contributed by atoms with Gasteiger partial charge in [0.25, 0.3) is 0 Å². The third-order valence-corrected chi connectivity index (χ3v) is 4.18. The van der Waals surface area contributed by atoms with Gasteiger partial charge >= 0.3 is 0 Å². The number of amides is 2. The van der Waals surface area contributed by atoms with E-state index >= 15 is 0 Å². The van der Waals surface area contributed by atoms with Gasteiger partial charge in [-0.1, -0.05) is 6.42 Å². The minimum Gasteiger partial charge on any atom is -0.368 e. The lowest BCUT2D eigenvalue weighted by Crippen LogP contribution is -2.53. The number of rotatable bonds is 2. The largest absolute Gasteiger partial charge is 0.368 e. The Hall–Kier alpha value is -1.10. The van der Waals surface area contributed by atoms with E-state index in [1.54, 1.807) is 4.90 Å². The molecule has 102 valence electrons. The molecule has 0 aromatic rings. The number of hydrogen-bond donors (Lipinski definition) is 2. The van der Waals surface area contributed by atoms with Crippen molar-refractivity contribution in [3.8, 4) is 0 Å². The van der Waals surface area contributed by atoms with Gasteiger partial charge in [0.15, 0.2) is 0 Å². The van der Waals surface area contributed by atoms with Gasteiger partial charge in [0, 0.05) is 18.5 Å². The highest BCUT2D eigenvalue weighted by Crippen LogP contribution is 2.27. The third-order valence-electron chi connectivity index (χ3n) is 4.18. The zero-order valence-electron chi connectivity index (χ0n) is 10.8. The molecule has 2 amide bonds. The third kappa shape index (κ3) is 2.83. The lowest BCUT2D eigenvalue weighted by molar-refractivity contribution is -0.145. The van der Waals surface area contributed by atoms with Crippen molar-refractivity contribution in [1.82, 2.24) is 4.90 Å². The Morgan fingerprint density at radius 3 is 2.50 bits per heavy atom. The Morgan fingerprint density at radius 2 is 1.83 bits per heavy atom. The predicted molar refractivity (Wildman–Crippen MR) is 68.5 cm³/mol. The fraction of sp³-hybridized carbons (Fsp3) is 0.846. The van der Waals surface area contributed by atoms with Crippen molar-refractivity contribution in [3.63, 3.8) is 0 Å². The molecule has 0 spiro atoms. The van der Waals surface area contributed by atoms with Crippen LogP contribution < -0.4 is 11.5 Å². The van der Waals surface area contributed by atoms with E-state index in [1.807, 2.05) is 0 Å². The van der Waals surface area contributed by atoms with Crippen LogP contribution in [0.5, 0.6) is 0 Å². The highest BCUT2D eigenvalue weighted by Gasteiger charge is 2.35. The Kier molecular flexibility index (Phi) is 4.22. The Labute approximate surface area is 108 Å². The molecule has 2 rings (SSSR count). The highest BCUT2D eigenvalue weighted by molar-refractivity contribution is 5.87. The summed E-state index contributed by atoms with van der Waals surface area (Å²) in [6.45, 7) is 0.665. The first-order valence-corrected chi connectivity index (χ1v) is 6.95. The Morgan fingerprint density at radius 1 is 1.06 bits per heavy atom. The summed E-state index contributed by atoms with van der Waals surface area (Å²) in [5.41, 5.74) is 11.3. The van der Waals surface area contributed by atoms with E-state index in [1.165, 1.54) is 0 Å². The van der Waals surface area contributed by atoms with Crippen LogP contribution in [0.15, 0.2) is 0 Å². The van der Waals surface area contributed by atoms with Crippen LogP contribution in [0.4, 0.5) is 0 Å². The molecule has 0 aromatic heterocycles. The number of hydrogen-bond acceptors (Lipinski definition) is 3. The molecule has 1 aliphatic heterocycles. The number of nitrogens with two attached hydrogens (primary N) is 2. The van der Waals surface area contributed by atoms with Crippen molar-refractivity contribution in [1.29, 1.82) is 0 Å². The normalized spacial score (nSPS) is 33.2. The molecule has 3 atom stereocenters. The van der Waals surface area contributed by atoms with Crippen molar-refractivity contribution < 1.29 is 9.59 Å². The molecular weight excluding hydrogens is 230 g/mol. The number of nitrogens with zero attached hydrogens (tertiary/aromatic N) is 1. The molecule has 2 aliphatic rings. The molecule has 0 bridgehead atoms. The number of piperidine rings is 1. The maximum Gasteiger partial charge on any atom is 0.240 e. The molecule has 4 N–H and O–H groups in total. The Balaban J connectivity index is 2.03. The lowest BCUT2D eigenvalue weighted by atomic mass is 9.84. The monoisotopic (exact) mass is 253 g/mol. The maximum atomic E-state index is 12.5. The smallest absolute Gasteiger partial charge is 0.240 e. The predicted octanol–water partition coefficient (Wildman–Crippen LogP) is 0.370.